The van der Waals surface area contributed by atoms with Gasteiger partial charge < -0.3 is 15.4 Å². The van der Waals surface area contributed by atoms with Crippen LogP contribution in [0.1, 0.15) is 21.0 Å². The van der Waals surface area contributed by atoms with Gasteiger partial charge in [0, 0.05) is 11.8 Å². The van der Waals surface area contributed by atoms with Gasteiger partial charge in [0.15, 0.2) is 11.6 Å². The number of amides is 2. The van der Waals surface area contributed by atoms with Crippen molar-refractivity contribution in [1.29, 1.82) is 0 Å². The van der Waals surface area contributed by atoms with E-state index in [-0.39, 0.29) is 17.1 Å². The van der Waals surface area contributed by atoms with Gasteiger partial charge in [0.2, 0.25) is 0 Å². The Balaban J connectivity index is 1.76. The van der Waals surface area contributed by atoms with Gasteiger partial charge in [-0.25, -0.2) is 13.8 Å². The summed E-state index contributed by atoms with van der Waals surface area (Å²) in [4.78, 5) is 28.8. The minimum Gasteiger partial charge on any atom is -0.495 e. The summed E-state index contributed by atoms with van der Waals surface area (Å²) in [7, 11) is 1.48. The average molecular weight is 383 g/mol. The molecular formula is C20H15F2N3O3. The maximum atomic E-state index is 13.3. The van der Waals surface area contributed by atoms with Crippen LogP contribution >= 0.6 is 0 Å². The first kappa shape index (κ1) is 19.0. The number of aromatic nitrogens is 1. The van der Waals surface area contributed by atoms with Crippen LogP contribution in [0.15, 0.2) is 60.7 Å². The monoisotopic (exact) mass is 383 g/mol. The second-order valence-corrected chi connectivity index (χ2v) is 5.65. The quantitative estimate of drug-likeness (QED) is 0.701. The largest absolute Gasteiger partial charge is 0.495 e. The molecule has 0 aliphatic heterocycles. The molecule has 1 aromatic heterocycles. The second-order valence-electron chi connectivity index (χ2n) is 5.65. The van der Waals surface area contributed by atoms with Crippen LogP contribution in [-0.4, -0.2) is 23.9 Å². The van der Waals surface area contributed by atoms with Crippen LogP contribution in [-0.2, 0) is 0 Å². The molecule has 2 aromatic carbocycles. The van der Waals surface area contributed by atoms with E-state index in [0.717, 1.165) is 12.1 Å². The molecule has 3 rings (SSSR count). The minimum absolute atomic E-state index is 0.00356. The highest BCUT2D eigenvalue weighted by Gasteiger charge is 2.15. The molecule has 0 atom stereocenters. The first-order valence-electron chi connectivity index (χ1n) is 8.16. The van der Waals surface area contributed by atoms with E-state index in [0.29, 0.717) is 11.4 Å². The van der Waals surface area contributed by atoms with Crippen LogP contribution in [0.4, 0.5) is 20.2 Å². The van der Waals surface area contributed by atoms with Crippen molar-refractivity contribution in [2.45, 2.75) is 0 Å². The number of methoxy groups -OCH3 is 1. The highest BCUT2D eigenvalue weighted by atomic mass is 19.2. The Morgan fingerprint density at radius 1 is 0.857 bits per heavy atom. The molecular weight excluding hydrogens is 368 g/mol. The summed E-state index contributed by atoms with van der Waals surface area (Å²) >= 11 is 0. The van der Waals surface area contributed by atoms with Crippen molar-refractivity contribution >= 4 is 23.2 Å². The van der Waals surface area contributed by atoms with Gasteiger partial charge in [-0.1, -0.05) is 18.2 Å². The molecule has 3 aromatic rings. The van der Waals surface area contributed by atoms with E-state index in [1.165, 1.54) is 31.4 Å². The number of nitrogens with zero attached hydrogens (tertiary/aromatic N) is 1. The van der Waals surface area contributed by atoms with Gasteiger partial charge in [0.1, 0.15) is 17.1 Å². The number of nitrogens with one attached hydrogen (secondary N) is 2. The van der Waals surface area contributed by atoms with Crippen LogP contribution in [0, 0.1) is 11.6 Å². The lowest BCUT2D eigenvalue weighted by molar-refractivity contribution is 0.101. The molecule has 0 radical (unpaired) electrons. The number of anilines is 2. The smallest absolute Gasteiger partial charge is 0.274 e. The average Bonchev–Trinajstić information content (AvgIpc) is 2.71. The molecule has 0 aliphatic carbocycles. The van der Waals surface area contributed by atoms with Gasteiger partial charge in [0.25, 0.3) is 11.8 Å². The van der Waals surface area contributed by atoms with Crippen molar-refractivity contribution < 1.29 is 23.1 Å². The lowest BCUT2D eigenvalue weighted by Crippen LogP contribution is -2.18. The van der Waals surface area contributed by atoms with Gasteiger partial charge in [-0.15, -0.1) is 0 Å². The fourth-order valence-electron chi connectivity index (χ4n) is 2.39. The van der Waals surface area contributed by atoms with Crippen LogP contribution in [0.25, 0.3) is 0 Å². The third-order valence-electron chi connectivity index (χ3n) is 3.75. The molecule has 28 heavy (non-hydrogen) atoms. The number of carbonyl (C=O) groups is 2. The van der Waals surface area contributed by atoms with E-state index in [9.17, 15) is 18.4 Å². The van der Waals surface area contributed by atoms with Crippen molar-refractivity contribution in [2.75, 3.05) is 17.7 Å². The SMILES string of the molecule is COc1ccccc1NC(=O)c1cccc(C(=O)Nc2ccc(F)c(F)c2)n1. The third kappa shape index (κ3) is 4.29. The summed E-state index contributed by atoms with van der Waals surface area (Å²) < 4.78 is 31.4. The predicted octanol–water partition coefficient (Wildman–Crippen LogP) is 3.87. The molecule has 0 fully saturated rings. The number of pyridine rings is 1. The Morgan fingerprint density at radius 2 is 1.54 bits per heavy atom. The number of para-hydroxylation sites is 2. The molecule has 0 aliphatic rings. The zero-order valence-corrected chi connectivity index (χ0v) is 14.7. The normalized spacial score (nSPS) is 10.2. The summed E-state index contributed by atoms with van der Waals surface area (Å²) in [6, 6.07) is 14.1. The first-order valence-corrected chi connectivity index (χ1v) is 8.16. The molecule has 0 saturated heterocycles. The van der Waals surface area contributed by atoms with Crippen LogP contribution in [0.5, 0.6) is 5.75 Å². The van der Waals surface area contributed by atoms with Crippen LogP contribution in [0.3, 0.4) is 0 Å². The summed E-state index contributed by atoms with van der Waals surface area (Å²) in [6.45, 7) is 0. The van der Waals surface area contributed by atoms with E-state index in [1.54, 1.807) is 24.3 Å². The summed E-state index contributed by atoms with van der Waals surface area (Å²) in [5.74, 6) is -2.84. The van der Waals surface area contributed by atoms with E-state index in [1.807, 2.05) is 0 Å². The molecule has 8 heteroatoms. The van der Waals surface area contributed by atoms with Gasteiger partial charge in [-0.3, -0.25) is 9.59 Å². The molecule has 2 amide bonds. The highest BCUT2D eigenvalue weighted by Crippen LogP contribution is 2.23. The van der Waals surface area contributed by atoms with Gasteiger partial charge >= 0.3 is 0 Å². The number of hydrogen-bond donors (Lipinski definition) is 2. The Morgan fingerprint density at radius 3 is 2.21 bits per heavy atom. The first-order chi connectivity index (χ1) is 13.5. The fraction of sp³-hybridized carbons (Fsp3) is 0.0500. The van der Waals surface area contributed by atoms with E-state index in [2.05, 4.69) is 15.6 Å². The summed E-state index contributed by atoms with van der Waals surface area (Å²) in [5, 5.41) is 5.06. The Hall–Kier alpha value is -3.81. The Kier molecular flexibility index (Phi) is 5.59. The number of halogens is 2. The van der Waals surface area contributed by atoms with Crippen molar-refractivity contribution in [3.05, 3.63) is 83.7 Å². The van der Waals surface area contributed by atoms with E-state index < -0.39 is 23.4 Å². The molecule has 0 saturated carbocycles. The molecule has 0 bridgehead atoms. The Labute approximate surface area is 159 Å². The predicted molar refractivity (Wildman–Crippen MR) is 99.5 cm³/mol. The summed E-state index contributed by atoms with van der Waals surface area (Å²) in [5.41, 5.74) is 0.462. The number of carbonyl (C=O) groups excluding carboxylic acids is 2. The van der Waals surface area contributed by atoms with E-state index in [4.69, 9.17) is 4.74 Å². The lowest BCUT2D eigenvalue weighted by atomic mass is 10.2. The topological polar surface area (TPSA) is 80.3 Å². The third-order valence-corrected chi connectivity index (χ3v) is 3.75. The minimum atomic E-state index is -1.09. The number of ether oxygens (including phenoxy) is 1. The van der Waals surface area contributed by atoms with Crippen molar-refractivity contribution in [3.63, 3.8) is 0 Å². The maximum Gasteiger partial charge on any atom is 0.274 e. The van der Waals surface area contributed by atoms with Crippen LogP contribution in [0.2, 0.25) is 0 Å². The molecule has 0 spiro atoms. The molecule has 6 nitrogen and oxygen atoms in total. The van der Waals surface area contributed by atoms with E-state index >= 15 is 0 Å². The van der Waals surface area contributed by atoms with Crippen molar-refractivity contribution in [3.8, 4) is 5.75 Å². The highest BCUT2D eigenvalue weighted by molar-refractivity contribution is 6.06. The second kappa shape index (κ2) is 8.26. The maximum absolute atomic E-state index is 13.3. The van der Waals surface area contributed by atoms with Gasteiger partial charge in [-0.05, 0) is 36.4 Å². The van der Waals surface area contributed by atoms with Crippen molar-refractivity contribution in [1.82, 2.24) is 4.98 Å². The number of rotatable bonds is 5. The summed E-state index contributed by atoms with van der Waals surface area (Å²) in [6.07, 6.45) is 0. The zero-order valence-electron chi connectivity index (χ0n) is 14.7. The zero-order chi connectivity index (χ0) is 20.1. The molecule has 2 N–H and O–H groups in total. The standard InChI is InChI=1S/C20H15F2N3O3/c1-28-18-8-3-2-5-15(18)25-20(27)17-7-4-6-16(24-17)19(26)23-12-9-10-13(21)14(22)11-12/h2-11H,1H3,(H,23,26)(H,25,27). The fourth-order valence-corrected chi connectivity index (χ4v) is 2.39. The van der Waals surface area contributed by atoms with Gasteiger partial charge in [0.05, 0.1) is 12.8 Å². The van der Waals surface area contributed by atoms with Crippen molar-refractivity contribution in [2.24, 2.45) is 0 Å². The molecule has 0 unspecified atom stereocenters. The Bertz CT molecular complexity index is 1040. The number of benzene rings is 2. The molecule has 1 heterocycles. The number of hydrogen-bond acceptors (Lipinski definition) is 4. The lowest BCUT2D eigenvalue weighted by Gasteiger charge is -2.10. The molecule has 142 valence electrons. The van der Waals surface area contributed by atoms with Gasteiger partial charge in [-0.2, -0.15) is 0 Å². The van der Waals surface area contributed by atoms with Crippen LogP contribution < -0.4 is 15.4 Å².